The molecule has 0 aromatic heterocycles. The normalized spacial score (nSPS) is 11.1. The zero-order chi connectivity index (χ0) is 5.86. The lowest BCUT2D eigenvalue weighted by Crippen LogP contribution is -2.07. The number of halogens is 4. The Labute approximate surface area is 77.0 Å². The Morgan fingerprint density at radius 2 is 1.14 bits per heavy atom. The van der Waals surface area contributed by atoms with Crippen molar-refractivity contribution >= 4 is 73.7 Å². The molecule has 0 rings (SSSR count). The summed E-state index contributed by atoms with van der Waals surface area (Å²) in [6, 6.07) is 0. The van der Waals surface area contributed by atoms with Gasteiger partial charge in [-0.15, -0.1) is 0 Å². The maximum atomic E-state index is 5.19. The van der Waals surface area contributed by atoms with Gasteiger partial charge in [-0.2, -0.15) is 0 Å². The van der Waals surface area contributed by atoms with Crippen molar-refractivity contribution in [2.75, 3.05) is 0 Å². The van der Waals surface area contributed by atoms with Crippen LogP contribution in [0.15, 0.2) is 0 Å². The molecule has 0 radical (unpaired) electrons. The van der Waals surface area contributed by atoms with Gasteiger partial charge in [0.1, 0.15) is 0 Å². The molecule has 0 bridgehead atoms. The summed E-state index contributed by atoms with van der Waals surface area (Å²) in [5, 5.41) is 0. The molecular weight excluding hydrogens is 392 g/mol. The molecular formula is H2Br4OSi2. The van der Waals surface area contributed by atoms with Crippen LogP contribution < -0.4 is 0 Å². The summed E-state index contributed by atoms with van der Waals surface area (Å²) in [6.45, 7) is 0. The Morgan fingerprint density at radius 3 is 1.14 bits per heavy atom. The highest BCUT2D eigenvalue weighted by molar-refractivity contribution is 9.50. The maximum Gasteiger partial charge on any atom is 0.310 e. The molecule has 0 fully saturated rings. The number of hydrogen-bond acceptors (Lipinski definition) is 1. The molecule has 0 amide bonds. The molecule has 44 valence electrons. The van der Waals surface area contributed by atoms with E-state index in [0.717, 1.165) is 0 Å². The minimum Gasteiger partial charge on any atom is -0.428 e. The van der Waals surface area contributed by atoms with Gasteiger partial charge in [0, 0.05) is 0 Å². The van der Waals surface area contributed by atoms with Crippen LogP contribution in [-0.2, 0) is 4.12 Å². The third-order valence-corrected chi connectivity index (χ3v) is 9.62. The topological polar surface area (TPSA) is 9.23 Å². The molecule has 0 N–H and O–H groups in total. The van der Waals surface area contributed by atoms with E-state index in [4.69, 9.17) is 4.12 Å². The summed E-state index contributed by atoms with van der Waals surface area (Å²) in [5.74, 6) is 0. The van der Waals surface area contributed by atoms with Gasteiger partial charge in [-0.3, -0.25) is 0 Å². The molecule has 0 aromatic rings. The van der Waals surface area contributed by atoms with Crippen molar-refractivity contribution in [2.45, 2.75) is 0 Å². The fourth-order valence-corrected chi connectivity index (χ4v) is 18.9. The molecule has 0 unspecified atom stereocenters. The second-order valence-corrected chi connectivity index (χ2v) is 20.1. The van der Waals surface area contributed by atoms with E-state index in [2.05, 4.69) is 61.2 Å². The van der Waals surface area contributed by atoms with Gasteiger partial charge in [0.15, 0.2) is 0 Å². The second-order valence-electron chi connectivity index (χ2n) is 0.657. The van der Waals surface area contributed by atoms with E-state index in [1.165, 1.54) is 0 Å². The number of hydrogen-bond donors (Lipinski definition) is 0. The van der Waals surface area contributed by atoms with E-state index < -0.39 is 12.6 Å². The van der Waals surface area contributed by atoms with Crippen LogP contribution >= 0.6 is 61.2 Å². The first-order valence-corrected chi connectivity index (χ1v) is 15.0. The van der Waals surface area contributed by atoms with E-state index >= 15 is 0 Å². The van der Waals surface area contributed by atoms with Gasteiger partial charge in [0.2, 0.25) is 0 Å². The minimum atomic E-state index is -1.14. The van der Waals surface area contributed by atoms with Crippen LogP contribution in [-0.4, -0.2) is 12.6 Å². The van der Waals surface area contributed by atoms with Gasteiger partial charge in [0.05, 0.1) is 0 Å². The molecule has 0 atom stereocenters. The number of rotatable bonds is 2. The highest BCUT2D eigenvalue weighted by atomic mass is 79.9. The highest BCUT2D eigenvalue weighted by Crippen LogP contribution is 2.12. The molecule has 0 saturated carbocycles. The Hall–Kier alpha value is 2.31. The first-order valence-electron chi connectivity index (χ1n) is 1.34. The lowest BCUT2D eigenvalue weighted by Gasteiger charge is -2.00. The maximum absolute atomic E-state index is 5.19. The van der Waals surface area contributed by atoms with Crippen molar-refractivity contribution in [1.82, 2.24) is 0 Å². The predicted molar refractivity (Wildman–Crippen MR) is 51.1 cm³/mol. The van der Waals surface area contributed by atoms with Crippen molar-refractivity contribution < 1.29 is 4.12 Å². The molecule has 0 heterocycles. The molecule has 0 spiro atoms. The third-order valence-electron chi connectivity index (χ3n) is 0.206. The summed E-state index contributed by atoms with van der Waals surface area (Å²) >= 11 is 13.1. The third kappa shape index (κ3) is 8.31. The molecule has 1 nitrogen and oxygen atoms in total. The monoisotopic (exact) mass is 390 g/mol. The zero-order valence-corrected chi connectivity index (χ0v) is 11.7. The smallest absolute Gasteiger partial charge is 0.310 e. The van der Waals surface area contributed by atoms with E-state index in [1.54, 1.807) is 0 Å². The van der Waals surface area contributed by atoms with Gasteiger partial charge >= 0.3 is 12.6 Å². The van der Waals surface area contributed by atoms with Crippen LogP contribution in [0.1, 0.15) is 0 Å². The van der Waals surface area contributed by atoms with Crippen molar-refractivity contribution in [1.29, 1.82) is 0 Å². The first kappa shape index (κ1) is 9.31. The SMILES string of the molecule is Br[SiH](Br)O[SiH](Br)Br. The molecule has 0 aliphatic rings. The zero-order valence-electron chi connectivity index (χ0n) is 3.07. The summed E-state index contributed by atoms with van der Waals surface area (Å²) in [4.78, 5) is 0. The summed E-state index contributed by atoms with van der Waals surface area (Å²) in [6.07, 6.45) is -2.27. The van der Waals surface area contributed by atoms with Crippen molar-refractivity contribution in [3.63, 3.8) is 0 Å². The second kappa shape index (κ2) is 5.13. The van der Waals surface area contributed by atoms with Crippen LogP contribution in [0.3, 0.4) is 0 Å². The van der Waals surface area contributed by atoms with Crippen molar-refractivity contribution in [3.8, 4) is 0 Å². The highest BCUT2D eigenvalue weighted by Gasteiger charge is 2.06. The van der Waals surface area contributed by atoms with Crippen LogP contribution in [0.25, 0.3) is 0 Å². The van der Waals surface area contributed by atoms with Gasteiger partial charge in [-0.25, -0.2) is 0 Å². The summed E-state index contributed by atoms with van der Waals surface area (Å²) in [7, 11) is 0. The van der Waals surface area contributed by atoms with Crippen LogP contribution in [0, 0.1) is 0 Å². The quantitative estimate of drug-likeness (QED) is 0.515. The van der Waals surface area contributed by atoms with Gasteiger partial charge in [0.25, 0.3) is 0 Å². The van der Waals surface area contributed by atoms with Gasteiger partial charge < -0.3 is 4.12 Å². The predicted octanol–water partition coefficient (Wildman–Crippen LogP) is 2.02. The standard InChI is InChI=1S/Br4H2OSi2/c1-6(2)5-7(3)4/h6-7H. The lowest BCUT2D eigenvalue weighted by molar-refractivity contribution is 0.672. The van der Waals surface area contributed by atoms with Crippen LogP contribution in [0.5, 0.6) is 0 Å². The Kier molecular flexibility index (Phi) is 6.82. The van der Waals surface area contributed by atoms with E-state index in [9.17, 15) is 0 Å². The molecule has 0 saturated heterocycles. The average molecular weight is 394 g/mol. The van der Waals surface area contributed by atoms with Gasteiger partial charge in [-0.1, -0.05) is 61.2 Å². The molecule has 7 heteroatoms. The molecule has 7 heavy (non-hydrogen) atoms. The molecule has 0 aliphatic carbocycles. The molecule has 0 aromatic carbocycles. The fraction of sp³-hybridized carbons (Fsp3) is 0. The van der Waals surface area contributed by atoms with E-state index in [-0.39, 0.29) is 0 Å². The Bertz CT molecular complexity index is 39.0. The van der Waals surface area contributed by atoms with E-state index in [0.29, 0.717) is 0 Å². The van der Waals surface area contributed by atoms with E-state index in [1.807, 2.05) is 0 Å². The lowest BCUT2D eigenvalue weighted by atomic mass is 15.8. The van der Waals surface area contributed by atoms with Crippen LogP contribution in [0.4, 0.5) is 0 Å². The summed E-state index contributed by atoms with van der Waals surface area (Å²) in [5.41, 5.74) is 0. The minimum absolute atomic E-state index is 1.14. The van der Waals surface area contributed by atoms with Crippen molar-refractivity contribution in [3.05, 3.63) is 0 Å². The largest absolute Gasteiger partial charge is 0.428 e. The first-order chi connectivity index (χ1) is 3.13. The summed E-state index contributed by atoms with van der Waals surface area (Å²) < 4.78 is 5.19. The van der Waals surface area contributed by atoms with Crippen LogP contribution in [0.2, 0.25) is 0 Å². The fourth-order valence-electron chi connectivity index (χ4n) is 0.0778. The Balaban J connectivity index is 2.95. The molecule has 0 aliphatic heterocycles. The Morgan fingerprint density at radius 1 is 0.857 bits per heavy atom. The average Bonchev–Trinajstić information content (AvgIpc) is 1.27. The van der Waals surface area contributed by atoms with Crippen molar-refractivity contribution in [2.24, 2.45) is 0 Å². The van der Waals surface area contributed by atoms with Gasteiger partial charge in [-0.05, 0) is 0 Å².